The van der Waals surface area contributed by atoms with Crippen LogP contribution in [0.2, 0.25) is 0 Å². The number of urea groups is 1. The maximum absolute atomic E-state index is 11.8. The van der Waals surface area contributed by atoms with Gasteiger partial charge in [0.2, 0.25) is 0 Å². The molecular weight excluding hydrogens is 412 g/mol. The van der Waals surface area contributed by atoms with Gasteiger partial charge in [-0.3, -0.25) is 0 Å². The summed E-state index contributed by atoms with van der Waals surface area (Å²) in [7, 11) is 3.47. The van der Waals surface area contributed by atoms with E-state index in [0.717, 1.165) is 36.3 Å². The van der Waals surface area contributed by atoms with Gasteiger partial charge in [-0.15, -0.1) is 0 Å². The van der Waals surface area contributed by atoms with E-state index in [4.69, 9.17) is 9.47 Å². The second-order valence-electron chi connectivity index (χ2n) is 9.51. The number of carbonyl (C=O) groups is 1. The number of nitrogens with zero attached hydrogens (tertiary/aromatic N) is 1. The minimum atomic E-state index is -0.0979. The summed E-state index contributed by atoms with van der Waals surface area (Å²) in [6.45, 7) is 6.07. The lowest BCUT2D eigenvalue weighted by molar-refractivity contribution is 0.214. The van der Waals surface area contributed by atoms with Gasteiger partial charge in [0, 0.05) is 14.1 Å². The first-order valence-electron chi connectivity index (χ1n) is 12.0. The topological polar surface area (TPSA) is 50.8 Å². The predicted molar refractivity (Wildman–Crippen MR) is 134 cm³/mol. The lowest BCUT2D eigenvalue weighted by atomic mass is 9.82. The number of hydrogen-bond donors (Lipinski definition) is 1. The third kappa shape index (κ3) is 7.85. The third-order valence-electron chi connectivity index (χ3n) is 5.97. The summed E-state index contributed by atoms with van der Waals surface area (Å²) >= 11 is 0. The van der Waals surface area contributed by atoms with E-state index in [2.05, 4.69) is 29.6 Å². The Morgan fingerprint density at radius 1 is 1.06 bits per heavy atom. The van der Waals surface area contributed by atoms with Crippen LogP contribution in [0.25, 0.3) is 0 Å². The van der Waals surface area contributed by atoms with Crippen LogP contribution in [0.15, 0.2) is 60.4 Å². The van der Waals surface area contributed by atoms with E-state index in [0.29, 0.717) is 5.92 Å². The van der Waals surface area contributed by atoms with Crippen LogP contribution in [0.1, 0.15) is 63.6 Å². The molecule has 1 unspecified atom stereocenters. The van der Waals surface area contributed by atoms with Gasteiger partial charge in [-0.1, -0.05) is 24.3 Å². The van der Waals surface area contributed by atoms with Gasteiger partial charge in [0.05, 0.1) is 18.4 Å². The minimum Gasteiger partial charge on any atom is -0.491 e. The average molecular weight is 451 g/mol. The molecule has 2 amide bonds. The molecule has 0 saturated heterocycles. The Morgan fingerprint density at radius 2 is 1.73 bits per heavy atom. The molecule has 3 rings (SSSR count). The first kappa shape index (κ1) is 24.7. The molecule has 1 aliphatic rings. The molecule has 5 heteroatoms. The number of benzene rings is 2. The van der Waals surface area contributed by atoms with Gasteiger partial charge >= 0.3 is 6.03 Å². The molecule has 0 aliphatic heterocycles. The molecule has 0 heterocycles. The fourth-order valence-electron chi connectivity index (χ4n) is 4.17. The fourth-order valence-corrected chi connectivity index (χ4v) is 4.17. The highest BCUT2D eigenvalue weighted by atomic mass is 16.5. The van der Waals surface area contributed by atoms with Crippen molar-refractivity contribution in [2.45, 2.75) is 65.0 Å². The number of amides is 2. The van der Waals surface area contributed by atoms with Crippen LogP contribution in [0.3, 0.4) is 0 Å². The molecule has 0 radical (unpaired) electrons. The maximum Gasteiger partial charge on any atom is 0.317 e. The van der Waals surface area contributed by atoms with Gasteiger partial charge in [0.1, 0.15) is 11.5 Å². The molecule has 1 N–H and O–H groups in total. The summed E-state index contributed by atoms with van der Waals surface area (Å²) < 4.78 is 11.7. The molecule has 178 valence electrons. The van der Waals surface area contributed by atoms with Gasteiger partial charge < -0.3 is 19.7 Å². The highest BCUT2D eigenvalue weighted by Gasteiger charge is 2.18. The first-order chi connectivity index (χ1) is 15.8. The normalized spacial score (nSPS) is 18.1. The Bertz CT molecular complexity index is 917. The molecule has 1 fully saturated rings. The van der Waals surface area contributed by atoms with Crippen molar-refractivity contribution in [3.8, 4) is 11.5 Å². The summed E-state index contributed by atoms with van der Waals surface area (Å²) in [5.74, 6) is 2.40. The Hall–Kier alpha value is -2.95. The zero-order chi connectivity index (χ0) is 23.8. The molecule has 1 aliphatic carbocycles. The number of carbonyl (C=O) groups excluding carboxylic acids is 1. The van der Waals surface area contributed by atoms with E-state index in [1.54, 1.807) is 14.1 Å². The molecule has 33 heavy (non-hydrogen) atoms. The van der Waals surface area contributed by atoms with E-state index in [1.807, 2.05) is 51.3 Å². The van der Waals surface area contributed by atoms with Gasteiger partial charge in [0.25, 0.3) is 0 Å². The summed E-state index contributed by atoms with van der Waals surface area (Å²) in [6.07, 6.45) is 7.87. The number of allylic oxidation sites excluding steroid dienone is 1. The van der Waals surface area contributed by atoms with Crippen LogP contribution >= 0.6 is 0 Å². The van der Waals surface area contributed by atoms with E-state index in [-0.39, 0.29) is 18.2 Å². The van der Waals surface area contributed by atoms with Crippen LogP contribution in [0, 0.1) is 5.92 Å². The lowest BCUT2D eigenvalue weighted by Crippen LogP contribution is -2.36. The highest BCUT2D eigenvalue weighted by Crippen LogP contribution is 2.31. The molecule has 1 saturated carbocycles. The van der Waals surface area contributed by atoms with Crippen molar-refractivity contribution in [2.75, 3.05) is 14.1 Å². The van der Waals surface area contributed by atoms with Gasteiger partial charge in [-0.05, 0) is 99.8 Å². The number of hydrogen-bond acceptors (Lipinski definition) is 3. The number of nitrogens with one attached hydrogen (secondary N) is 1. The van der Waals surface area contributed by atoms with Crippen LogP contribution in [0.4, 0.5) is 4.79 Å². The van der Waals surface area contributed by atoms with Crippen LogP contribution in [-0.2, 0) is 6.42 Å². The summed E-state index contributed by atoms with van der Waals surface area (Å²) in [4.78, 5) is 13.4. The molecule has 0 bridgehead atoms. The quantitative estimate of drug-likeness (QED) is 0.467. The minimum absolute atomic E-state index is 0.0580. The van der Waals surface area contributed by atoms with E-state index < -0.39 is 0 Å². The van der Waals surface area contributed by atoms with Crippen molar-refractivity contribution >= 4 is 6.03 Å². The van der Waals surface area contributed by atoms with Gasteiger partial charge in [0.15, 0.2) is 0 Å². The first-order valence-corrected chi connectivity index (χ1v) is 12.0. The van der Waals surface area contributed by atoms with E-state index in [9.17, 15) is 4.79 Å². The van der Waals surface area contributed by atoms with Crippen molar-refractivity contribution in [2.24, 2.45) is 5.92 Å². The Kier molecular flexibility index (Phi) is 8.81. The van der Waals surface area contributed by atoms with Crippen molar-refractivity contribution in [3.63, 3.8) is 0 Å². The Balaban J connectivity index is 1.51. The lowest BCUT2D eigenvalue weighted by Gasteiger charge is -2.24. The van der Waals surface area contributed by atoms with E-state index >= 15 is 0 Å². The van der Waals surface area contributed by atoms with Crippen LogP contribution in [-0.4, -0.2) is 31.1 Å². The Labute approximate surface area is 198 Å². The number of rotatable bonds is 8. The average Bonchev–Trinajstić information content (AvgIpc) is 2.79. The summed E-state index contributed by atoms with van der Waals surface area (Å²) in [5.41, 5.74) is 3.79. The zero-order valence-electron chi connectivity index (χ0n) is 20.6. The maximum atomic E-state index is 11.8. The van der Waals surface area contributed by atoms with Crippen molar-refractivity contribution in [3.05, 3.63) is 71.5 Å². The second-order valence-corrected chi connectivity index (χ2v) is 9.51. The summed E-state index contributed by atoms with van der Waals surface area (Å²) in [6, 6.07) is 16.3. The molecule has 2 aromatic rings. The van der Waals surface area contributed by atoms with Gasteiger partial charge in [-0.2, -0.15) is 0 Å². The van der Waals surface area contributed by atoms with Crippen LogP contribution < -0.4 is 14.8 Å². The third-order valence-corrected chi connectivity index (χ3v) is 5.97. The molecule has 2 aromatic carbocycles. The molecular formula is C28H38N2O3. The monoisotopic (exact) mass is 450 g/mol. The van der Waals surface area contributed by atoms with Crippen molar-refractivity contribution < 1.29 is 14.3 Å². The zero-order valence-corrected chi connectivity index (χ0v) is 20.6. The standard InChI is InChI=1S/C28H38N2O3/c1-20(2)33-27-13-9-22(10-14-27)17-23-7-6-8-24(18-23)19-32-26-15-11-25(12-16-26)21(3)29-28(31)30(4)5/h9-16,19-21,23H,6-8,17-18H2,1-5H3,(H,29,31)/b24-19+/t21-,23?/m0/s1. The predicted octanol–water partition coefficient (Wildman–Crippen LogP) is 6.50. The largest absolute Gasteiger partial charge is 0.491 e. The number of ether oxygens (including phenoxy) is 2. The SMILES string of the molecule is CC(C)Oc1ccc(CC2CCC/C(=C\Oc3ccc([C@H](C)NC(=O)N(C)C)cc3)C2)cc1. The molecule has 0 aromatic heterocycles. The van der Waals surface area contributed by atoms with Crippen molar-refractivity contribution in [1.29, 1.82) is 0 Å². The highest BCUT2D eigenvalue weighted by molar-refractivity contribution is 5.74. The second kappa shape index (κ2) is 11.8. The molecule has 0 spiro atoms. The molecule has 5 nitrogen and oxygen atoms in total. The van der Waals surface area contributed by atoms with Gasteiger partial charge in [-0.25, -0.2) is 4.79 Å². The van der Waals surface area contributed by atoms with E-state index in [1.165, 1.54) is 28.9 Å². The fraction of sp³-hybridized carbons (Fsp3) is 0.464. The Morgan fingerprint density at radius 3 is 2.36 bits per heavy atom. The molecule has 2 atom stereocenters. The van der Waals surface area contributed by atoms with Crippen molar-refractivity contribution in [1.82, 2.24) is 10.2 Å². The summed E-state index contributed by atoms with van der Waals surface area (Å²) in [5, 5.41) is 2.96. The van der Waals surface area contributed by atoms with Crippen LogP contribution in [0.5, 0.6) is 11.5 Å². The smallest absolute Gasteiger partial charge is 0.317 e.